The Hall–Kier alpha value is -3.26. The summed E-state index contributed by atoms with van der Waals surface area (Å²) in [5.74, 6) is 4.09. The standard InChI is InChI=1S/C19H17N3O2/c1-4-14-5-7-16(8-6-14)19-13-22(21-20-19)12-15-9-17(23-2)11-18(10-15)24-3/h1,5-11,13H,12H2,2-3H3. The largest absolute Gasteiger partial charge is 0.497 e. The minimum Gasteiger partial charge on any atom is -0.497 e. The van der Waals surface area contributed by atoms with Gasteiger partial charge in [-0.25, -0.2) is 4.68 Å². The SMILES string of the molecule is C#Cc1ccc(-c2cn(Cc3cc(OC)cc(OC)c3)nn2)cc1. The molecule has 24 heavy (non-hydrogen) atoms. The fraction of sp³-hybridized carbons (Fsp3) is 0.158. The molecule has 0 spiro atoms. The topological polar surface area (TPSA) is 49.2 Å². The Morgan fingerprint density at radius 1 is 1.04 bits per heavy atom. The van der Waals surface area contributed by atoms with E-state index in [1.54, 1.807) is 18.9 Å². The molecule has 0 N–H and O–H groups in total. The van der Waals surface area contributed by atoms with Gasteiger partial charge in [0, 0.05) is 17.2 Å². The summed E-state index contributed by atoms with van der Waals surface area (Å²) in [6, 6.07) is 13.4. The third-order valence-corrected chi connectivity index (χ3v) is 3.64. The van der Waals surface area contributed by atoms with Crippen LogP contribution in [0.5, 0.6) is 11.5 Å². The summed E-state index contributed by atoms with van der Waals surface area (Å²) in [4.78, 5) is 0. The first-order chi connectivity index (χ1) is 11.7. The van der Waals surface area contributed by atoms with E-state index in [-0.39, 0.29) is 0 Å². The second-order valence-electron chi connectivity index (χ2n) is 5.24. The van der Waals surface area contributed by atoms with Gasteiger partial charge in [-0.3, -0.25) is 0 Å². The maximum atomic E-state index is 5.37. The number of terminal acetylenes is 1. The Balaban J connectivity index is 1.82. The quantitative estimate of drug-likeness (QED) is 0.678. The van der Waals surface area contributed by atoms with Crippen molar-refractivity contribution in [2.75, 3.05) is 14.2 Å². The first-order valence-electron chi connectivity index (χ1n) is 7.41. The molecule has 3 rings (SSSR count). The number of hydrogen-bond acceptors (Lipinski definition) is 4. The van der Waals surface area contributed by atoms with Gasteiger partial charge in [0.15, 0.2) is 0 Å². The molecule has 0 atom stereocenters. The van der Waals surface area contributed by atoms with Crippen molar-refractivity contribution in [3.63, 3.8) is 0 Å². The van der Waals surface area contributed by atoms with Crippen molar-refractivity contribution in [3.05, 3.63) is 59.8 Å². The van der Waals surface area contributed by atoms with Gasteiger partial charge in [-0.05, 0) is 29.8 Å². The Morgan fingerprint density at radius 3 is 2.29 bits per heavy atom. The van der Waals surface area contributed by atoms with E-state index in [9.17, 15) is 0 Å². The van der Waals surface area contributed by atoms with E-state index in [2.05, 4.69) is 16.2 Å². The minimum absolute atomic E-state index is 0.572. The van der Waals surface area contributed by atoms with Crippen LogP contribution in [0.25, 0.3) is 11.3 Å². The summed E-state index contributed by atoms with van der Waals surface area (Å²) in [7, 11) is 3.26. The third kappa shape index (κ3) is 3.39. The van der Waals surface area contributed by atoms with Gasteiger partial charge < -0.3 is 9.47 Å². The maximum absolute atomic E-state index is 5.37. The number of hydrogen-bond donors (Lipinski definition) is 0. The zero-order valence-electron chi connectivity index (χ0n) is 13.6. The Morgan fingerprint density at radius 2 is 1.71 bits per heavy atom. The molecule has 0 bridgehead atoms. The van der Waals surface area contributed by atoms with Gasteiger partial charge in [-0.2, -0.15) is 0 Å². The monoisotopic (exact) mass is 319 g/mol. The molecule has 0 saturated heterocycles. The molecular formula is C19H17N3O2. The highest BCUT2D eigenvalue weighted by atomic mass is 16.5. The van der Waals surface area contributed by atoms with E-state index in [1.807, 2.05) is 48.7 Å². The molecule has 5 heteroatoms. The third-order valence-electron chi connectivity index (χ3n) is 3.64. The predicted octanol–water partition coefficient (Wildman–Crippen LogP) is 2.99. The number of ether oxygens (including phenoxy) is 2. The molecule has 0 aliphatic carbocycles. The average Bonchev–Trinajstić information content (AvgIpc) is 3.09. The van der Waals surface area contributed by atoms with Crippen LogP contribution < -0.4 is 9.47 Å². The second-order valence-corrected chi connectivity index (χ2v) is 5.24. The highest BCUT2D eigenvalue weighted by molar-refractivity contribution is 5.59. The van der Waals surface area contributed by atoms with E-state index in [0.29, 0.717) is 6.54 Å². The van der Waals surface area contributed by atoms with E-state index < -0.39 is 0 Å². The van der Waals surface area contributed by atoms with Crippen LogP contribution in [0.15, 0.2) is 48.7 Å². The van der Waals surface area contributed by atoms with E-state index in [0.717, 1.165) is 33.9 Å². The van der Waals surface area contributed by atoms with Gasteiger partial charge in [-0.15, -0.1) is 11.5 Å². The predicted molar refractivity (Wildman–Crippen MR) is 92.0 cm³/mol. The van der Waals surface area contributed by atoms with Crippen LogP contribution in [0.2, 0.25) is 0 Å². The fourth-order valence-electron chi connectivity index (χ4n) is 2.39. The Kier molecular flexibility index (Phi) is 4.48. The first kappa shape index (κ1) is 15.6. The van der Waals surface area contributed by atoms with E-state index in [1.165, 1.54) is 0 Å². The molecule has 0 aliphatic rings. The Labute approximate surface area is 140 Å². The van der Waals surface area contributed by atoms with Crippen molar-refractivity contribution < 1.29 is 9.47 Å². The van der Waals surface area contributed by atoms with Crippen LogP contribution in [0.1, 0.15) is 11.1 Å². The zero-order chi connectivity index (χ0) is 16.9. The van der Waals surface area contributed by atoms with Crippen molar-refractivity contribution in [1.82, 2.24) is 15.0 Å². The molecular weight excluding hydrogens is 302 g/mol. The van der Waals surface area contributed by atoms with Gasteiger partial charge >= 0.3 is 0 Å². The molecule has 1 aromatic heterocycles. The minimum atomic E-state index is 0.572. The number of methoxy groups -OCH3 is 2. The lowest BCUT2D eigenvalue weighted by Crippen LogP contribution is -2.01. The summed E-state index contributed by atoms with van der Waals surface area (Å²) < 4.78 is 12.4. The van der Waals surface area contributed by atoms with Crippen molar-refractivity contribution in [2.45, 2.75) is 6.54 Å². The van der Waals surface area contributed by atoms with Gasteiger partial charge in [0.05, 0.1) is 27.0 Å². The van der Waals surface area contributed by atoms with Gasteiger partial charge in [0.1, 0.15) is 17.2 Å². The number of nitrogens with zero attached hydrogens (tertiary/aromatic N) is 3. The van der Waals surface area contributed by atoms with Crippen LogP contribution in [0, 0.1) is 12.3 Å². The number of aromatic nitrogens is 3. The van der Waals surface area contributed by atoms with Gasteiger partial charge in [0.25, 0.3) is 0 Å². The van der Waals surface area contributed by atoms with Crippen LogP contribution in [-0.2, 0) is 6.54 Å². The van der Waals surface area contributed by atoms with Crippen molar-refractivity contribution in [1.29, 1.82) is 0 Å². The fourth-order valence-corrected chi connectivity index (χ4v) is 2.39. The van der Waals surface area contributed by atoms with Crippen LogP contribution in [0.3, 0.4) is 0 Å². The molecule has 0 unspecified atom stereocenters. The Bertz CT molecular complexity index is 854. The van der Waals surface area contributed by atoms with Gasteiger partial charge in [-0.1, -0.05) is 23.3 Å². The summed E-state index contributed by atoms with van der Waals surface area (Å²) >= 11 is 0. The van der Waals surface area contributed by atoms with Crippen molar-refractivity contribution >= 4 is 0 Å². The molecule has 0 radical (unpaired) electrons. The van der Waals surface area contributed by atoms with Crippen LogP contribution in [0.4, 0.5) is 0 Å². The molecule has 3 aromatic rings. The highest BCUT2D eigenvalue weighted by Crippen LogP contribution is 2.23. The van der Waals surface area contributed by atoms with Crippen LogP contribution in [-0.4, -0.2) is 29.2 Å². The van der Waals surface area contributed by atoms with Crippen LogP contribution >= 0.6 is 0 Å². The molecule has 2 aromatic carbocycles. The van der Waals surface area contributed by atoms with E-state index in [4.69, 9.17) is 15.9 Å². The highest BCUT2D eigenvalue weighted by Gasteiger charge is 2.07. The lowest BCUT2D eigenvalue weighted by Gasteiger charge is -2.08. The second kappa shape index (κ2) is 6.88. The maximum Gasteiger partial charge on any atom is 0.122 e. The summed E-state index contributed by atoms with van der Waals surface area (Å²) in [5, 5.41) is 8.41. The lowest BCUT2D eigenvalue weighted by atomic mass is 10.1. The molecule has 0 fully saturated rings. The number of rotatable bonds is 5. The molecule has 0 amide bonds. The summed E-state index contributed by atoms with van der Waals surface area (Å²) in [6.45, 7) is 0.572. The van der Waals surface area contributed by atoms with E-state index >= 15 is 0 Å². The molecule has 0 aliphatic heterocycles. The smallest absolute Gasteiger partial charge is 0.122 e. The zero-order valence-corrected chi connectivity index (χ0v) is 13.6. The molecule has 5 nitrogen and oxygen atoms in total. The van der Waals surface area contributed by atoms with Crippen molar-refractivity contribution in [3.8, 4) is 35.1 Å². The summed E-state index contributed by atoms with van der Waals surface area (Å²) in [5.41, 5.74) is 3.64. The molecule has 0 saturated carbocycles. The normalized spacial score (nSPS) is 10.2. The molecule has 120 valence electrons. The first-order valence-corrected chi connectivity index (χ1v) is 7.41. The average molecular weight is 319 g/mol. The molecule has 1 heterocycles. The van der Waals surface area contributed by atoms with Gasteiger partial charge in [0.2, 0.25) is 0 Å². The number of benzene rings is 2. The summed E-state index contributed by atoms with van der Waals surface area (Å²) in [6.07, 6.45) is 7.27. The van der Waals surface area contributed by atoms with Crippen molar-refractivity contribution in [2.24, 2.45) is 0 Å². The lowest BCUT2D eigenvalue weighted by molar-refractivity contribution is 0.393.